The maximum Gasteiger partial charge on any atom is 0.412 e. The van der Waals surface area contributed by atoms with Crippen LogP contribution in [0.5, 0.6) is 11.5 Å². The minimum absolute atomic E-state index is 0.149. The van der Waals surface area contributed by atoms with E-state index in [1.54, 1.807) is 24.8 Å². The van der Waals surface area contributed by atoms with E-state index >= 15 is 0 Å². The zero-order valence-electron chi connectivity index (χ0n) is 26.0. The summed E-state index contributed by atoms with van der Waals surface area (Å²) in [5.41, 5.74) is 3.40. The first kappa shape index (κ1) is 31.4. The third-order valence-corrected chi connectivity index (χ3v) is 9.43. The first-order valence-corrected chi connectivity index (χ1v) is 19.3. The Morgan fingerprint density at radius 2 is 1.75 bits per heavy atom. The molecule has 2 aromatic heterocycles. The minimum atomic E-state index is -1.19. The van der Waals surface area contributed by atoms with Gasteiger partial charge in [-0.2, -0.15) is 0 Å². The van der Waals surface area contributed by atoms with Crippen LogP contribution in [0.3, 0.4) is 0 Å². The highest BCUT2D eigenvalue weighted by Gasteiger charge is 2.18. The number of pyridine rings is 1. The number of benzene rings is 2. The van der Waals surface area contributed by atoms with Crippen molar-refractivity contribution >= 4 is 14.2 Å². The fraction of sp³-hybridized carbons (Fsp3) is 0.412. The van der Waals surface area contributed by atoms with Gasteiger partial charge in [0.05, 0.1) is 0 Å². The number of nitrogens with one attached hydrogen (secondary N) is 1. The van der Waals surface area contributed by atoms with Crippen LogP contribution in [0, 0.1) is 0 Å². The van der Waals surface area contributed by atoms with E-state index in [4.69, 9.17) is 14.2 Å². The molecule has 0 aliphatic heterocycles. The quantitative estimate of drug-likeness (QED) is 0.0992. The normalized spacial score (nSPS) is 14.2. The molecule has 1 fully saturated rings. The van der Waals surface area contributed by atoms with Crippen molar-refractivity contribution in [2.24, 2.45) is 0 Å². The molecule has 2 heterocycles. The van der Waals surface area contributed by atoms with E-state index in [-0.39, 0.29) is 6.04 Å². The van der Waals surface area contributed by atoms with E-state index in [0.29, 0.717) is 37.3 Å². The van der Waals surface area contributed by atoms with Gasteiger partial charge in [0.2, 0.25) is 0 Å². The second-order valence-electron chi connectivity index (χ2n) is 12.6. The molecule has 1 aliphatic rings. The van der Waals surface area contributed by atoms with Gasteiger partial charge in [0.1, 0.15) is 31.2 Å². The smallest absolute Gasteiger partial charge is 0.412 e. The summed E-state index contributed by atoms with van der Waals surface area (Å²) in [7, 11) is -1.19. The van der Waals surface area contributed by atoms with Gasteiger partial charge in [-0.25, -0.2) is 4.79 Å². The molecule has 2 aromatic carbocycles. The van der Waals surface area contributed by atoms with Crippen molar-refractivity contribution in [3.63, 3.8) is 0 Å². The number of hydrogen-bond acceptors (Lipinski definition) is 7. The minimum Gasteiger partial charge on any atom is -0.488 e. The standard InChI is InChI=1S/C34H43N5O4Si/c1-44(2,3)18-17-41-25-39-24-36-38-33(39)28-19-27(21-35-22-28)31-20-30(43-34(40)37-29-13-9-4-5-10-14-29)15-16-32(31)42-23-26-11-7-6-8-12-26/h6-8,11-12,15-16,19-22,24,29H,4-5,9-10,13-14,17-18,23,25H2,1-3H3,(H,37,40). The molecular weight excluding hydrogens is 570 g/mol. The van der Waals surface area contributed by atoms with Crippen molar-refractivity contribution < 1.29 is 19.0 Å². The molecule has 1 aliphatic carbocycles. The molecule has 0 saturated heterocycles. The molecule has 10 heteroatoms. The second-order valence-corrected chi connectivity index (χ2v) is 18.2. The van der Waals surface area contributed by atoms with Crippen molar-refractivity contribution in [3.8, 4) is 34.0 Å². The molecule has 5 rings (SSSR count). The van der Waals surface area contributed by atoms with Crippen molar-refractivity contribution in [3.05, 3.63) is 78.9 Å². The molecule has 1 N–H and O–H groups in total. The number of nitrogens with zero attached hydrogens (tertiary/aromatic N) is 4. The zero-order valence-corrected chi connectivity index (χ0v) is 27.0. The number of amides is 1. The van der Waals surface area contributed by atoms with Crippen molar-refractivity contribution in [2.75, 3.05) is 6.61 Å². The van der Waals surface area contributed by atoms with Crippen LogP contribution in [0.25, 0.3) is 22.5 Å². The largest absolute Gasteiger partial charge is 0.488 e. The van der Waals surface area contributed by atoms with E-state index in [9.17, 15) is 4.79 Å². The summed E-state index contributed by atoms with van der Waals surface area (Å²) in [5.74, 6) is 1.75. The third kappa shape index (κ3) is 9.24. The van der Waals surface area contributed by atoms with Gasteiger partial charge in [-0.3, -0.25) is 9.55 Å². The maximum absolute atomic E-state index is 12.8. The average molecular weight is 614 g/mol. The molecule has 0 bridgehead atoms. The SMILES string of the molecule is C[Si](C)(C)CCOCn1cnnc1-c1cncc(-c2cc(OC(=O)NC3CCCCCC3)ccc2OCc2ccccc2)c1. The first-order chi connectivity index (χ1) is 21.3. The van der Waals surface area contributed by atoms with Crippen LogP contribution in [-0.2, 0) is 18.1 Å². The van der Waals surface area contributed by atoms with Crippen LogP contribution in [0.15, 0.2) is 73.3 Å². The summed E-state index contributed by atoms with van der Waals surface area (Å²) >= 11 is 0. The van der Waals surface area contributed by atoms with Gasteiger partial charge in [0.25, 0.3) is 0 Å². The Bertz CT molecular complexity index is 1500. The molecule has 1 amide bonds. The van der Waals surface area contributed by atoms with E-state index in [1.807, 2.05) is 53.1 Å². The fourth-order valence-corrected chi connectivity index (χ4v) is 5.97. The summed E-state index contributed by atoms with van der Waals surface area (Å²) in [6.07, 6.45) is 11.4. The van der Waals surface area contributed by atoms with E-state index in [1.165, 1.54) is 12.8 Å². The predicted molar refractivity (Wildman–Crippen MR) is 174 cm³/mol. The van der Waals surface area contributed by atoms with Crippen LogP contribution in [0.4, 0.5) is 4.79 Å². The van der Waals surface area contributed by atoms with Crippen molar-refractivity contribution in [1.82, 2.24) is 25.1 Å². The topological polar surface area (TPSA) is 100 Å². The summed E-state index contributed by atoms with van der Waals surface area (Å²) in [5, 5.41) is 11.6. The Labute approximate surface area is 261 Å². The van der Waals surface area contributed by atoms with Gasteiger partial charge in [-0.05, 0) is 48.7 Å². The molecule has 4 aromatic rings. The van der Waals surface area contributed by atoms with Gasteiger partial charge in [0.15, 0.2) is 5.82 Å². The molecule has 0 unspecified atom stereocenters. The fourth-order valence-electron chi connectivity index (χ4n) is 5.21. The molecular formula is C34H43N5O4Si. The number of carbonyl (C=O) groups is 1. The van der Waals surface area contributed by atoms with Gasteiger partial charge in [-0.15, -0.1) is 10.2 Å². The Balaban J connectivity index is 1.37. The lowest BCUT2D eigenvalue weighted by Crippen LogP contribution is -2.36. The van der Waals surface area contributed by atoms with Crippen molar-refractivity contribution in [1.29, 1.82) is 0 Å². The number of ether oxygens (including phenoxy) is 3. The number of aromatic nitrogens is 4. The summed E-state index contributed by atoms with van der Waals surface area (Å²) in [4.78, 5) is 17.4. The molecule has 44 heavy (non-hydrogen) atoms. The highest BCUT2D eigenvalue weighted by atomic mass is 28.3. The van der Waals surface area contributed by atoms with Gasteiger partial charge in [-0.1, -0.05) is 75.7 Å². The molecule has 232 valence electrons. The second kappa shape index (κ2) is 15.1. The lowest BCUT2D eigenvalue weighted by Gasteiger charge is -2.17. The lowest BCUT2D eigenvalue weighted by molar-refractivity contribution is 0.0880. The molecule has 9 nitrogen and oxygen atoms in total. The highest BCUT2D eigenvalue weighted by molar-refractivity contribution is 6.76. The Morgan fingerprint density at radius 1 is 0.977 bits per heavy atom. The summed E-state index contributed by atoms with van der Waals surface area (Å²) in [6.45, 7) is 8.46. The van der Waals surface area contributed by atoms with Crippen LogP contribution in [0.2, 0.25) is 25.7 Å². The van der Waals surface area contributed by atoms with Crippen LogP contribution >= 0.6 is 0 Å². The van der Waals surface area contributed by atoms with E-state index in [0.717, 1.165) is 54.0 Å². The van der Waals surface area contributed by atoms with Crippen LogP contribution < -0.4 is 14.8 Å². The van der Waals surface area contributed by atoms with E-state index < -0.39 is 14.2 Å². The molecule has 0 spiro atoms. The monoisotopic (exact) mass is 613 g/mol. The number of hydrogen-bond donors (Lipinski definition) is 1. The van der Waals surface area contributed by atoms with Gasteiger partial charge in [0, 0.05) is 49.8 Å². The van der Waals surface area contributed by atoms with Crippen LogP contribution in [0.1, 0.15) is 44.1 Å². The maximum atomic E-state index is 12.8. The highest BCUT2D eigenvalue weighted by Crippen LogP contribution is 2.35. The predicted octanol–water partition coefficient (Wildman–Crippen LogP) is 7.71. The number of rotatable bonds is 12. The number of carbonyl (C=O) groups excluding carboxylic acids is 1. The van der Waals surface area contributed by atoms with Gasteiger partial charge < -0.3 is 19.5 Å². The molecule has 1 saturated carbocycles. The Kier molecular flexibility index (Phi) is 10.8. The van der Waals surface area contributed by atoms with Gasteiger partial charge >= 0.3 is 6.09 Å². The summed E-state index contributed by atoms with van der Waals surface area (Å²) in [6, 6.07) is 18.7. The molecule has 0 atom stereocenters. The average Bonchev–Trinajstić information content (AvgIpc) is 3.34. The Morgan fingerprint density at radius 3 is 2.52 bits per heavy atom. The zero-order chi connectivity index (χ0) is 30.8. The summed E-state index contributed by atoms with van der Waals surface area (Å²) < 4.78 is 19.9. The van der Waals surface area contributed by atoms with E-state index in [2.05, 4.69) is 40.1 Å². The van der Waals surface area contributed by atoms with Crippen molar-refractivity contribution in [2.45, 2.75) is 83.6 Å². The lowest BCUT2D eigenvalue weighted by atomic mass is 10.0. The third-order valence-electron chi connectivity index (χ3n) is 7.73. The molecule has 0 radical (unpaired) electrons. The Hall–Kier alpha value is -4.02. The first-order valence-electron chi connectivity index (χ1n) is 15.5. The van der Waals surface area contributed by atoms with Crippen LogP contribution in [-0.4, -0.2) is 46.6 Å².